The molecule has 8 heavy (non-hydrogen) atoms. The third-order valence-corrected chi connectivity index (χ3v) is 1.22. The van der Waals surface area contributed by atoms with Crippen LogP contribution >= 0.6 is 11.5 Å². The van der Waals surface area contributed by atoms with Gasteiger partial charge in [-0.25, -0.2) is 4.98 Å². The molecule has 0 radical (unpaired) electrons. The molecule has 0 unspecified atom stereocenters. The van der Waals surface area contributed by atoms with Gasteiger partial charge in [-0.05, 0) is 11.5 Å². The predicted molar refractivity (Wildman–Crippen MR) is 34.2 cm³/mol. The molecular weight excluding hydrogens is 122 g/mol. The summed E-state index contributed by atoms with van der Waals surface area (Å²) in [7, 11) is 3.84. The highest BCUT2D eigenvalue weighted by Crippen LogP contribution is 2.01. The maximum absolute atomic E-state index is 3.97. The van der Waals surface area contributed by atoms with Crippen molar-refractivity contribution in [3.05, 3.63) is 5.51 Å². The van der Waals surface area contributed by atoms with Crippen LogP contribution in [0.15, 0.2) is 5.51 Å². The van der Waals surface area contributed by atoms with Crippen LogP contribution in [0.3, 0.4) is 0 Å². The number of rotatable bonds is 1. The van der Waals surface area contributed by atoms with E-state index in [1.165, 1.54) is 11.5 Å². The van der Waals surface area contributed by atoms with Gasteiger partial charge in [-0.1, -0.05) is 0 Å². The fourth-order valence-corrected chi connectivity index (χ4v) is 0.855. The van der Waals surface area contributed by atoms with Crippen LogP contribution in [-0.4, -0.2) is 23.5 Å². The van der Waals surface area contributed by atoms with Gasteiger partial charge in [-0.2, -0.15) is 4.37 Å². The van der Waals surface area contributed by atoms with Crippen molar-refractivity contribution >= 4 is 17.5 Å². The average molecular weight is 129 g/mol. The van der Waals surface area contributed by atoms with Crippen molar-refractivity contribution in [2.75, 3.05) is 19.0 Å². The Bertz CT molecular complexity index is 146. The van der Waals surface area contributed by atoms with Gasteiger partial charge in [0.2, 0.25) is 5.95 Å². The maximum atomic E-state index is 3.97. The molecule has 0 spiro atoms. The first-order valence-corrected chi connectivity index (χ1v) is 3.08. The van der Waals surface area contributed by atoms with Crippen molar-refractivity contribution in [3.8, 4) is 0 Å². The summed E-state index contributed by atoms with van der Waals surface area (Å²) in [5.41, 5.74) is 1.72. The maximum Gasteiger partial charge on any atom is 0.236 e. The molecule has 1 aromatic rings. The third-order valence-electron chi connectivity index (χ3n) is 0.750. The Balaban J connectivity index is 2.77. The predicted octanol–water partition coefficient (Wildman–Crippen LogP) is 0.604. The van der Waals surface area contributed by atoms with Gasteiger partial charge in [0.15, 0.2) is 0 Å². The van der Waals surface area contributed by atoms with Crippen molar-refractivity contribution in [1.82, 2.24) is 9.36 Å². The zero-order valence-corrected chi connectivity index (χ0v) is 5.64. The molecule has 0 N–H and O–H groups in total. The first-order chi connectivity index (χ1) is 3.80. The molecule has 1 heterocycles. The summed E-state index contributed by atoms with van der Waals surface area (Å²) in [4.78, 5) is 5.82. The average Bonchev–Trinajstić information content (AvgIpc) is 2.12. The Morgan fingerprint density at radius 1 is 1.62 bits per heavy atom. The Kier molecular flexibility index (Phi) is 1.43. The normalized spacial score (nSPS) is 9.25. The van der Waals surface area contributed by atoms with Crippen molar-refractivity contribution in [3.63, 3.8) is 0 Å². The van der Waals surface area contributed by atoms with Crippen molar-refractivity contribution in [2.45, 2.75) is 0 Å². The van der Waals surface area contributed by atoms with Crippen molar-refractivity contribution in [2.24, 2.45) is 0 Å². The SMILES string of the molecule is CN(C)c1ncsn1. The number of aromatic nitrogens is 2. The second-order valence-electron chi connectivity index (χ2n) is 1.63. The first-order valence-electron chi connectivity index (χ1n) is 2.24. The smallest absolute Gasteiger partial charge is 0.236 e. The van der Waals surface area contributed by atoms with Crippen LogP contribution in [0.5, 0.6) is 0 Å². The summed E-state index contributed by atoms with van der Waals surface area (Å²) in [6, 6.07) is 0. The van der Waals surface area contributed by atoms with Crippen LogP contribution < -0.4 is 4.90 Å². The highest BCUT2D eigenvalue weighted by molar-refractivity contribution is 7.03. The lowest BCUT2D eigenvalue weighted by atomic mass is 10.8. The van der Waals surface area contributed by atoms with Gasteiger partial charge in [0.1, 0.15) is 5.51 Å². The highest BCUT2D eigenvalue weighted by Gasteiger charge is 1.94. The van der Waals surface area contributed by atoms with E-state index in [1.54, 1.807) is 5.51 Å². The summed E-state index contributed by atoms with van der Waals surface area (Å²) in [6.45, 7) is 0. The lowest BCUT2D eigenvalue weighted by Crippen LogP contribution is -2.09. The van der Waals surface area contributed by atoms with Gasteiger partial charge in [0, 0.05) is 14.1 Å². The van der Waals surface area contributed by atoms with E-state index in [4.69, 9.17) is 0 Å². The van der Waals surface area contributed by atoms with E-state index in [-0.39, 0.29) is 0 Å². The van der Waals surface area contributed by atoms with Crippen LogP contribution in [0.1, 0.15) is 0 Å². The minimum Gasteiger partial charge on any atom is -0.346 e. The third kappa shape index (κ3) is 0.949. The van der Waals surface area contributed by atoms with Gasteiger partial charge in [0.05, 0.1) is 0 Å². The molecule has 0 aliphatic carbocycles. The molecule has 0 saturated carbocycles. The summed E-state index contributed by atoms with van der Waals surface area (Å²) in [6.07, 6.45) is 0. The van der Waals surface area contributed by atoms with Gasteiger partial charge < -0.3 is 4.90 Å². The van der Waals surface area contributed by atoms with E-state index < -0.39 is 0 Å². The van der Waals surface area contributed by atoms with E-state index in [2.05, 4.69) is 9.36 Å². The van der Waals surface area contributed by atoms with E-state index in [1.807, 2.05) is 19.0 Å². The van der Waals surface area contributed by atoms with Crippen LogP contribution in [0.25, 0.3) is 0 Å². The Morgan fingerprint density at radius 3 is 2.62 bits per heavy atom. The van der Waals surface area contributed by atoms with Crippen molar-refractivity contribution in [1.29, 1.82) is 0 Å². The Morgan fingerprint density at radius 2 is 2.38 bits per heavy atom. The number of hydrogen-bond acceptors (Lipinski definition) is 4. The molecule has 4 heteroatoms. The van der Waals surface area contributed by atoms with Gasteiger partial charge in [-0.15, -0.1) is 0 Å². The van der Waals surface area contributed by atoms with Gasteiger partial charge in [0.25, 0.3) is 0 Å². The number of hydrogen-bond donors (Lipinski definition) is 0. The molecule has 0 amide bonds. The number of nitrogens with zero attached hydrogens (tertiary/aromatic N) is 3. The summed E-state index contributed by atoms with van der Waals surface area (Å²) in [5.74, 6) is 0.787. The molecule has 3 nitrogen and oxygen atoms in total. The number of anilines is 1. The van der Waals surface area contributed by atoms with Crippen molar-refractivity contribution < 1.29 is 0 Å². The summed E-state index contributed by atoms with van der Waals surface area (Å²) < 4.78 is 3.97. The summed E-state index contributed by atoms with van der Waals surface area (Å²) in [5, 5.41) is 0. The molecule has 0 aliphatic heterocycles. The first kappa shape index (κ1) is 5.50. The lowest BCUT2D eigenvalue weighted by molar-refractivity contribution is 1.05. The molecule has 1 rings (SSSR count). The van der Waals surface area contributed by atoms with Gasteiger partial charge in [-0.3, -0.25) is 0 Å². The molecule has 0 atom stereocenters. The van der Waals surface area contributed by atoms with E-state index in [0.29, 0.717) is 0 Å². The lowest BCUT2D eigenvalue weighted by Gasteiger charge is -2.02. The molecule has 44 valence electrons. The molecule has 0 bridgehead atoms. The van der Waals surface area contributed by atoms with E-state index >= 15 is 0 Å². The largest absolute Gasteiger partial charge is 0.346 e. The minimum atomic E-state index is 0.787. The Labute approximate surface area is 52.1 Å². The molecule has 0 saturated heterocycles. The molecular formula is C4H7N3S. The fraction of sp³-hybridized carbons (Fsp3) is 0.500. The van der Waals surface area contributed by atoms with Crippen LogP contribution in [0.4, 0.5) is 5.95 Å². The second kappa shape index (κ2) is 2.09. The van der Waals surface area contributed by atoms with E-state index in [9.17, 15) is 0 Å². The quantitative estimate of drug-likeness (QED) is 0.556. The summed E-state index contributed by atoms with van der Waals surface area (Å²) >= 11 is 1.37. The molecule has 0 fully saturated rings. The standard InChI is InChI=1S/C4H7N3S/c1-7(2)4-5-3-8-6-4/h3H,1-2H3. The Hall–Kier alpha value is -0.640. The molecule has 0 aromatic carbocycles. The molecule has 0 aliphatic rings. The van der Waals surface area contributed by atoms with E-state index in [0.717, 1.165) is 5.95 Å². The van der Waals surface area contributed by atoms with Gasteiger partial charge >= 0.3 is 0 Å². The van der Waals surface area contributed by atoms with Crippen LogP contribution in [0, 0.1) is 0 Å². The zero-order chi connectivity index (χ0) is 5.98. The zero-order valence-electron chi connectivity index (χ0n) is 4.83. The monoisotopic (exact) mass is 129 g/mol. The second-order valence-corrected chi connectivity index (χ2v) is 2.23. The highest BCUT2D eigenvalue weighted by atomic mass is 32.1. The molecule has 1 aromatic heterocycles. The fourth-order valence-electron chi connectivity index (χ4n) is 0.362. The topological polar surface area (TPSA) is 29.0 Å². The minimum absolute atomic E-state index is 0.787. The van der Waals surface area contributed by atoms with Crippen LogP contribution in [-0.2, 0) is 0 Å². The van der Waals surface area contributed by atoms with Crippen LogP contribution in [0.2, 0.25) is 0 Å².